The fourth-order valence-electron chi connectivity index (χ4n) is 3.46. The van der Waals surface area contributed by atoms with Crippen LogP contribution in [-0.2, 0) is 6.54 Å². The van der Waals surface area contributed by atoms with Crippen molar-refractivity contribution >= 4 is 34.3 Å². The molecule has 1 saturated heterocycles. The minimum atomic E-state index is -1.25. The Kier molecular flexibility index (Phi) is 3.73. The maximum atomic E-state index is 14.6. The lowest BCUT2D eigenvalue weighted by Gasteiger charge is -2.31. The molecule has 0 spiro atoms. The van der Waals surface area contributed by atoms with Crippen LogP contribution in [0.5, 0.6) is 0 Å². The lowest BCUT2D eigenvalue weighted by atomic mass is 10.1. The molecule has 1 aromatic heterocycles. The first kappa shape index (κ1) is 15.5. The van der Waals surface area contributed by atoms with Crippen LogP contribution in [0.25, 0.3) is 10.9 Å². The number of aryl methyl sites for hydroxylation is 1. The Hall–Kier alpha value is -2.06. The molecule has 6 nitrogen and oxygen atoms in total. The number of pyridine rings is 1. The average Bonchev–Trinajstić information content (AvgIpc) is 3.04. The zero-order chi connectivity index (χ0) is 16.8. The van der Waals surface area contributed by atoms with Crippen LogP contribution in [0.3, 0.4) is 0 Å². The molecule has 2 aliphatic heterocycles. The Bertz CT molecular complexity index is 906. The van der Waals surface area contributed by atoms with Crippen molar-refractivity contribution in [2.75, 3.05) is 36.8 Å². The number of carboxylic acid groups (broad SMARTS) is 1. The van der Waals surface area contributed by atoms with E-state index in [0.29, 0.717) is 49.0 Å². The van der Waals surface area contributed by atoms with Crippen LogP contribution >= 0.6 is 11.8 Å². The van der Waals surface area contributed by atoms with Crippen molar-refractivity contribution in [1.82, 2.24) is 9.88 Å². The Morgan fingerprint density at radius 1 is 1.25 bits per heavy atom. The third-order valence-electron chi connectivity index (χ3n) is 4.51. The summed E-state index contributed by atoms with van der Waals surface area (Å²) in [6.45, 7) is 3.17. The molecule has 1 aromatic carbocycles. The Morgan fingerprint density at radius 2 is 2.00 bits per heavy atom. The monoisotopic (exact) mass is 349 g/mol. The number of benzene rings is 1. The molecule has 24 heavy (non-hydrogen) atoms. The van der Waals surface area contributed by atoms with Crippen LogP contribution in [0.1, 0.15) is 10.4 Å². The highest BCUT2D eigenvalue weighted by Gasteiger charge is 2.29. The van der Waals surface area contributed by atoms with Gasteiger partial charge in [-0.1, -0.05) is 0 Å². The van der Waals surface area contributed by atoms with Crippen LogP contribution in [0.4, 0.5) is 10.1 Å². The molecule has 2 aromatic rings. The summed E-state index contributed by atoms with van der Waals surface area (Å²) < 4.78 is 16.4. The molecule has 3 heterocycles. The number of nitrogens with one attached hydrogen (secondary N) is 1. The molecule has 2 aliphatic rings. The molecule has 4 rings (SSSR count). The fourth-order valence-corrected chi connectivity index (χ4v) is 4.60. The number of anilines is 1. The van der Waals surface area contributed by atoms with Gasteiger partial charge in [0.2, 0.25) is 5.43 Å². The summed E-state index contributed by atoms with van der Waals surface area (Å²) in [6, 6.07) is 2.95. The molecular formula is C16H16FN3O3S. The molecule has 0 saturated carbocycles. The lowest BCUT2D eigenvalue weighted by molar-refractivity contribution is 0.0690. The van der Waals surface area contributed by atoms with Gasteiger partial charge in [-0.2, -0.15) is 0 Å². The largest absolute Gasteiger partial charge is 0.477 e. The molecule has 2 N–H and O–H groups in total. The normalized spacial score (nSPS) is 17.3. The molecule has 8 heteroatoms. The highest BCUT2D eigenvalue weighted by atomic mass is 32.2. The van der Waals surface area contributed by atoms with Gasteiger partial charge >= 0.3 is 5.97 Å². The van der Waals surface area contributed by atoms with E-state index in [0.717, 1.165) is 0 Å². The van der Waals surface area contributed by atoms with Gasteiger partial charge < -0.3 is 19.9 Å². The van der Waals surface area contributed by atoms with Crippen molar-refractivity contribution in [1.29, 1.82) is 0 Å². The summed E-state index contributed by atoms with van der Waals surface area (Å²) in [7, 11) is 0. The van der Waals surface area contributed by atoms with Gasteiger partial charge in [-0.25, -0.2) is 9.18 Å². The maximum absolute atomic E-state index is 14.6. The number of carbonyl (C=O) groups is 1. The van der Waals surface area contributed by atoms with E-state index in [9.17, 15) is 19.1 Å². The number of carboxylic acids is 1. The number of hydrogen-bond donors (Lipinski definition) is 2. The first-order valence-corrected chi connectivity index (χ1v) is 8.79. The maximum Gasteiger partial charge on any atom is 0.342 e. The summed E-state index contributed by atoms with van der Waals surface area (Å²) >= 11 is 1.36. The topological polar surface area (TPSA) is 74.6 Å². The zero-order valence-electron chi connectivity index (χ0n) is 12.8. The van der Waals surface area contributed by atoms with Crippen LogP contribution < -0.4 is 15.6 Å². The predicted octanol–water partition coefficient (Wildman–Crippen LogP) is 1.35. The van der Waals surface area contributed by atoms with Crippen molar-refractivity contribution in [3.05, 3.63) is 33.7 Å². The summed E-state index contributed by atoms with van der Waals surface area (Å²) in [6.07, 6.45) is 0. The van der Waals surface area contributed by atoms with Crippen molar-refractivity contribution in [2.45, 2.75) is 11.6 Å². The molecular weight excluding hydrogens is 333 g/mol. The first-order valence-electron chi connectivity index (χ1n) is 7.80. The summed E-state index contributed by atoms with van der Waals surface area (Å²) in [5, 5.41) is 13.4. The van der Waals surface area contributed by atoms with Gasteiger partial charge in [0.1, 0.15) is 11.4 Å². The fraction of sp³-hybridized carbons (Fsp3) is 0.375. The number of fused-ring (bicyclic) bond motifs is 3. The number of aromatic carboxylic acids is 1. The van der Waals surface area contributed by atoms with Gasteiger partial charge in [-0.3, -0.25) is 4.79 Å². The highest BCUT2D eigenvalue weighted by Crippen LogP contribution is 2.35. The van der Waals surface area contributed by atoms with Gasteiger partial charge in [-0.15, -0.1) is 11.8 Å². The van der Waals surface area contributed by atoms with Gasteiger partial charge in [-0.05, 0) is 12.1 Å². The van der Waals surface area contributed by atoms with E-state index in [4.69, 9.17) is 0 Å². The smallest absolute Gasteiger partial charge is 0.342 e. The minimum absolute atomic E-state index is 0.181. The van der Waals surface area contributed by atoms with E-state index in [1.54, 1.807) is 6.07 Å². The van der Waals surface area contributed by atoms with Crippen LogP contribution in [0, 0.1) is 5.82 Å². The lowest BCUT2D eigenvalue weighted by Crippen LogP contribution is -2.44. The SMILES string of the molecule is O=C(O)c1c2n(c3ccc(F)c(N4CCNCC4)c3c1=O)CCS2. The predicted molar refractivity (Wildman–Crippen MR) is 90.9 cm³/mol. The number of aromatic nitrogens is 1. The van der Waals surface area contributed by atoms with E-state index in [2.05, 4.69) is 5.32 Å². The minimum Gasteiger partial charge on any atom is -0.477 e. The van der Waals surface area contributed by atoms with Gasteiger partial charge in [0.25, 0.3) is 0 Å². The van der Waals surface area contributed by atoms with Crippen molar-refractivity contribution < 1.29 is 14.3 Å². The van der Waals surface area contributed by atoms with Crippen LogP contribution in [-0.4, -0.2) is 47.6 Å². The van der Waals surface area contributed by atoms with Gasteiger partial charge in [0.05, 0.1) is 21.6 Å². The average molecular weight is 349 g/mol. The third kappa shape index (κ3) is 2.21. The molecule has 126 valence electrons. The standard InChI is InChI=1S/C16H16FN3O3S/c17-9-1-2-10-11(13(9)19-5-3-18-4-6-19)14(21)12(16(22)23)15-20(10)7-8-24-15/h1-2,18H,3-8H2,(H,22,23). The number of halogens is 1. The third-order valence-corrected chi connectivity index (χ3v) is 5.60. The zero-order valence-corrected chi connectivity index (χ0v) is 13.7. The molecule has 0 unspecified atom stereocenters. The Morgan fingerprint density at radius 3 is 2.71 bits per heavy atom. The molecule has 0 bridgehead atoms. The summed E-state index contributed by atoms with van der Waals surface area (Å²) in [5.41, 5.74) is 0.00630. The number of thioether (sulfide) groups is 1. The second kappa shape index (κ2) is 5.78. The Balaban J connectivity index is 2.10. The van der Waals surface area contributed by atoms with E-state index in [-0.39, 0.29) is 16.6 Å². The second-order valence-corrected chi connectivity index (χ2v) is 6.93. The molecule has 0 amide bonds. The van der Waals surface area contributed by atoms with Gasteiger partial charge in [0, 0.05) is 38.5 Å². The molecule has 0 aliphatic carbocycles. The van der Waals surface area contributed by atoms with Crippen molar-refractivity contribution in [2.24, 2.45) is 0 Å². The summed E-state index contributed by atoms with van der Waals surface area (Å²) in [4.78, 5) is 26.4. The highest BCUT2D eigenvalue weighted by molar-refractivity contribution is 7.99. The van der Waals surface area contributed by atoms with Crippen LogP contribution in [0.2, 0.25) is 0 Å². The Labute approximate surface area is 141 Å². The first-order chi connectivity index (χ1) is 11.6. The number of piperazine rings is 1. The second-order valence-electron chi connectivity index (χ2n) is 5.84. The number of rotatable bonds is 2. The number of hydrogen-bond acceptors (Lipinski definition) is 5. The van der Waals surface area contributed by atoms with E-state index in [1.165, 1.54) is 17.8 Å². The molecule has 0 atom stereocenters. The van der Waals surface area contributed by atoms with Crippen molar-refractivity contribution in [3.8, 4) is 0 Å². The number of nitrogens with zero attached hydrogens (tertiary/aromatic N) is 2. The van der Waals surface area contributed by atoms with E-state index >= 15 is 0 Å². The quantitative estimate of drug-likeness (QED) is 0.853. The van der Waals surface area contributed by atoms with E-state index < -0.39 is 17.2 Å². The molecule has 0 radical (unpaired) electrons. The summed E-state index contributed by atoms with van der Waals surface area (Å²) in [5.74, 6) is -1.03. The van der Waals surface area contributed by atoms with E-state index in [1.807, 2.05) is 9.47 Å². The molecule has 1 fully saturated rings. The van der Waals surface area contributed by atoms with Gasteiger partial charge in [0.15, 0.2) is 0 Å². The van der Waals surface area contributed by atoms with Crippen LogP contribution in [0.15, 0.2) is 22.0 Å². The van der Waals surface area contributed by atoms with Crippen molar-refractivity contribution in [3.63, 3.8) is 0 Å².